The van der Waals surface area contributed by atoms with Gasteiger partial charge >= 0.3 is 0 Å². The van der Waals surface area contributed by atoms with Gasteiger partial charge in [-0.15, -0.1) is 0 Å². The van der Waals surface area contributed by atoms with E-state index in [9.17, 15) is 8.78 Å². The van der Waals surface area contributed by atoms with E-state index in [1.807, 2.05) is 0 Å². The van der Waals surface area contributed by atoms with Crippen molar-refractivity contribution in [2.24, 2.45) is 5.84 Å². The molecular formula is C14H13BrF2N2. The van der Waals surface area contributed by atoms with E-state index >= 15 is 0 Å². The Morgan fingerprint density at radius 2 is 1.89 bits per heavy atom. The second-order valence-corrected chi connectivity index (χ2v) is 5.10. The van der Waals surface area contributed by atoms with Crippen molar-refractivity contribution in [2.45, 2.75) is 13.0 Å². The van der Waals surface area contributed by atoms with Gasteiger partial charge in [-0.25, -0.2) is 14.2 Å². The van der Waals surface area contributed by atoms with Gasteiger partial charge in [-0.1, -0.05) is 18.2 Å². The predicted octanol–water partition coefficient (Wildman–Crippen LogP) is 3.59. The van der Waals surface area contributed by atoms with Crippen LogP contribution in [0.4, 0.5) is 8.78 Å². The summed E-state index contributed by atoms with van der Waals surface area (Å²) in [5, 5.41) is 0. The highest BCUT2D eigenvalue weighted by atomic mass is 79.9. The molecule has 0 aliphatic rings. The molecule has 0 aliphatic carbocycles. The molecule has 2 rings (SSSR count). The van der Waals surface area contributed by atoms with Gasteiger partial charge in [0.15, 0.2) is 0 Å². The van der Waals surface area contributed by atoms with Gasteiger partial charge in [0.2, 0.25) is 0 Å². The lowest BCUT2D eigenvalue weighted by Crippen LogP contribution is -2.30. The fourth-order valence-electron chi connectivity index (χ4n) is 2.05. The maximum Gasteiger partial charge on any atom is 0.142 e. The van der Waals surface area contributed by atoms with E-state index in [0.717, 1.165) is 5.56 Å². The van der Waals surface area contributed by atoms with Crippen molar-refractivity contribution in [2.75, 3.05) is 0 Å². The number of hydrogen-bond donors (Lipinski definition) is 2. The Labute approximate surface area is 118 Å². The molecule has 0 saturated heterocycles. The van der Waals surface area contributed by atoms with Gasteiger partial charge in [-0.2, -0.15) is 0 Å². The number of hydrazine groups is 1. The molecule has 0 radical (unpaired) electrons. The number of nitrogens with two attached hydrogens (primary N) is 1. The van der Waals surface area contributed by atoms with E-state index in [1.165, 1.54) is 12.1 Å². The van der Waals surface area contributed by atoms with Crippen molar-refractivity contribution in [3.63, 3.8) is 0 Å². The van der Waals surface area contributed by atoms with E-state index < -0.39 is 6.04 Å². The second kappa shape index (κ2) is 5.77. The molecule has 1 unspecified atom stereocenters. The molecule has 5 heteroatoms. The molecule has 0 amide bonds. The van der Waals surface area contributed by atoms with Crippen molar-refractivity contribution in [1.82, 2.24) is 5.43 Å². The summed E-state index contributed by atoms with van der Waals surface area (Å²) in [6.07, 6.45) is 0. The van der Waals surface area contributed by atoms with Gasteiger partial charge in [-0.3, -0.25) is 5.84 Å². The highest BCUT2D eigenvalue weighted by Crippen LogP contribution is 2.29. The van der Waals surface area contributed by atoms with E-state index in [4.69, 9.17) is 5.84 Å². The van der Waals surface area contributed by atoms with Gasteiger partial charge in [-0.05, 0) is 52.2 Å². The Balaban J connectivity index is 2.53. The van der Waals surface area contributed by atoms with E-state index in [0.29, 0.717) is 15.6 Å². The van der Waals surface area contributed by atoms with Crippen LogP contribution in [0.15, 0.2) is 40.9 Å². The number of benzene rings is 2. The number of rotatable bonds is 3. The number of aryl methyl sites for hydroxylation is 1. The third-order valence-corrected chi connectivity index (χ3v) is 3.61. The van der Waals surface area contributed by atoms with Gasteiger partial charge in [0.1, 0.15) is 11.6 Å². The monoisotopic (exact) mass is 326 g/mol. The molecule has 0 heterocycles. The summed E-state index contributed by atoms with van der Waals surface area (Å²) in [7, 11) is 0. The highest BCUT2D eigenvalue weighted by molar-refractivity contribution is 9.10. The minimum absolute atomic E-state index is 0.327. The molecule has 0 spiro atoms. The molecule has 2 aromatic rings. The van der Waals surface area contributed by atoms with Crippen LogP contribution in [-0.4, -0.2) is 0 Å². The van der Waals surface area contributed by atoms with Crippen LogP contribution < -0.4 is 11.3 Å². The summed E-state index contributed by atoms with van der Waals surface area (Å²) in [6.45, 7) is 1.76. The van der Waals surface area contributed by atoms with E-state index in [2.05, 4.69) is 21.4 Å². The second-order valence-electron chi connectivity index (χ2n) is 4.24. The first-order chi connectivity index (χ1) is 9.04. The Bertz CT molecular complexity index is 602. The highest BCUT2D eigenvalue weighted by Gasteiger charge is 2.19. The Morgan fingerprint density at radius 3 is 2.53 bits per heavy atom. The summed E-state index contributed by atoms with van der Waals surface area (Å²) in [4.78, 5) is 0. The molecule has 2 nitrogen and oxygen atoms in total. The molecule has 2 aromatic carbocycles. The fourth-order valence-corrected chi connectivity index (χ4v) is 2.44. The van der Waals surface area contributed by atoms with E-state index in [1.54, 1.807) is 31.2 Å². The first-order valence-electron chi connectivity index (χ1n) is 5.70. The number of nitrogens with one attached hydrogen (secondary N) is 1. The SMILES string of the molecule is Cc1cc(F)ccc1C(NN)c1cccc(Br)c1F. The quantitative estimate of drug-likeness (QED) is 0.668. The topological polar surface area (TPSA) is 38.0 Å². The van der Waals surface area contributed by atoms with Crippen LogP contribution in [0.1, 0.15) is 22.7 Å². The van der Waals surface area contributed by atoms with Crippen molar-refractivity contribution in [3.8, 4) is 0 Å². The van der Waals surface area contributed by atoms with Crippen LogP contribution in [0.25, 0.3) is 0 Å². The molecule has 0 aromatic heterocycles. The van der Waals surface area contributed by atoms with Crippen molar-refractivity contribution >= 4 is 15.9 Å². The average molecular weight is 327 g/mol. The fraction of sp³-hybridized carbons (Fsp3) is 0.143. The smallest absolute Gasteiger partial charge is 0.142 e. The Kier molecular flexibility index (Phi) is 4.29. The van der Waals surface area contributed by atoms with Gasteiger partial charge < -0.3 is 0 Å². The third kappa shape index (κ3) is 2.83. The zero-order valence-electron chi connectivity index (χ0n) is 10.3. The van der Waals surface area contributed by atoms with E-state index in [-0.39, 0.29) is 11.6 Å². The minimum atomic E-state index is -0.530. The van der Waals surface area contributed by atoms with Crippen molar-refractivity contribution in [1.29, 1.82) is 0 Å². The molecule has 0 fully saturated rings. The number of hydrogen-bond acceptors (Lipinski definition) is 2. The van der Waals surface area contributed by atoms with Crippen LogP contribution in [0.5, 0.6) is 0 Å². The molecule has 0 aliphatic heterocycles. The molecule has 19 heavy (non-hydrogen) atoms. The molecule has 3 N–H and O–H groups in total. The lowest BCUT2D eigenvalue weighted by molar-refractivity contribution is 0.553. The van der Waals surface area contributed by atoms with Crippen LogP contribution in [0, 0.1) is 18.6 Å². The van der Waals surface area contributed by atoms with Crippen molar-refractivity contribution in [3.05, 3.63) is 69.2 Å². The first-order valence-corrected chi connectivity index (χ1v) is 6.50. The van der Waals surface area contributed by atoms with Gasteiger partial charge in [0, 0.05) is 5.56 Å². The number of halogens is 3. The average Bonchev–Trinajstić information content (AvgIpc) is 2.37. The zero-order chi connectivity index (χ0) is 14.0. The minimum Gasteiger partial charge on any atom is -0.271 e. The van der Waals surface area contributed by atoms with Crippen LogP contribution in [0.2, 0.25) is 0 Å². The first kappa shape index (κ1) is 14.1. The lowest BCUT2D eigenvalue weighted by Gasteiger charge is -2.20. The summed E-state index contributed by atoms with van der Waals surface area (Å²) >= 11 is 3.14. The van der Waals surface area contributed by atoms with Gasteiger partial charge in [0.05, 0.1) is 10.5 Å². The molecule has 0 bridgehead atoms. The lowest BCUT2D eigenvalue weighted by atomic mass is 9.95. The molecule has 1 atom stereocenters. The zero-order valence-corrected chi connectivity index (χ0v) is 11.8. The summed E-state index contributed by atoms with van der Waals surface area (Å²) in [6, 6.07) is 8.80. The van der Waals surface area contributed by atoms with Crippen molar-refractivity contribution < 1.29 is 8.78 Å². The summed E-state index contributed by atoms with van der Waals surface area (Å²) in [5.41, 5.74) is 4.44. The molecule has 0 saturated carbocycles. The maximum absolute atomic E-state index is 14.1. The van der Waals surface area contributed by atoms with Crippen LogP contribution in [-0.2, 0) is 0 Å². The normalized spacial score (nSPS) is 12.5. The predicted molar refractivity (Wildman–Crippen MR) is 74.4 cm³/mol. The summed E-state index contributed by atoms with van der Waals surface area (Å²) in [5.74, 6) is 4.83. The Hall–Kier alpha value is -1.30. The summed E-state index contributed by atoms with van der Waals surface area (Å²) < 4.78 is 27.6. The third-order valence-electron chi connectivity index (χ3n) is 3.00. The molecular weight excluding hydrogens is 314 g/mol. The largest absolute Gasteiger partial charge is 0.271 e. The maximum atomic E-state index is 14.1. The standard InChI is InChI=1S/C14H13BrF2N2/c1-8-7-9(16)5-6-10(8)14(19-18)11-3-2-4-12(15)13(11)17/h2-7,14,19H,18H2,1H3. The van der Waals surface area contributed by atoms with Crippen LogP contribution >= 0.6 is 15.9 Å². The molecule has 100 valence electrons. The Morgan fingerprint density at radius 1 is 1.16 bits per heavy atom. The van der Waals surface area contributed by atoms with Gasteiger partial charge in [0.25, 0.3) is 0 Å². The van der Waals surface area contributed by atoms with Crippen LogP contribution in [0.3, 0.4) is 0 Å².